The number of unbranched alkanes of at least 4 members (excludes halogenated alkanes) is 36. The topological polar surface area (TPSA) is 319 Å². The van der Waals surface area contributed by atoms with E-state index in [2.05, 4.69) is 47.4 Å². The Morgan fingerprint density at radius 3 is 1.07 bits per heavy atom. The van der Waals surface area contributed by atoms with E-state index in [9.17, 15) is 58.5 Å². The largest absolute Gasteiger partial charge is 0.480 e. The molecule has 0 radical (unpaired) electrons. The minimum Gasteiger partial charge on any atom is -0.480 e. The smallest absolute Gasteiger partial charge is 0.325 e. The van der Waals surface area contributed by atoms with E-state index in [1.54, 1.807) is 0 Å². The number of hydrogen-bond acceptors (Lipinski definition) is 14. The Kier molecular flexibility index (Phi) is 55.8. The number of nitrogens with two attached hydrogens (primary N) is 1. The van der Waals surface area contributed by atoms with E-state index in [4.69, 9.17) is 15.2 Å². The van der Waals surface area contributed by atoms with Crippen molar-refractivity contribution in [3.63, 3.8) is 0 Å². The molecule has 88 heavy (non-hydrogen) atoms. The van der Waals surface area contributed by atoms with E-state index in [0.717, 1.165) is 82.9 Å². The minimum atomic E-state index is -1.79. The zero-order valence-corrected chi connectivity index (χ0v) is 56.0. The van der Waals surface area contributed by atoms with Crippen LogP contribution >= 0.6 is 11.8 Å². The van der Waals surface area contributed by atoms with Crippen molar-refractivity contribution in [2.24, 2.45) is 5.73 Å². The number of hydrogen-bond donors (Lipinski definition) is 9. The van der Waals surface area contributed by atoms with Gasteiger partial charge in [0.15, 0.2) is 0 Å². The third-order valence-electron chi connectivity index (χ3n) is 15.8. The van der Waals surface area contributed by atoms with Gasteiger partial charge in [-0.05, 0) is 26.2 Å². The van der Waals surface area contributed by atoms with E-state index in [1.807, 2.05) is 0 Å². The molecule has 6 atom stereocenters. The number of aliphatic hydroxyl groups excluding tert-OH is 2. The number of aliphatic hydroxyl groups is 2. The molecule has 6 amide bonds. The fourth-order valence-corrected chi connectivity index (χ4v) is 11.3. The Hall–Kier alpha value is -4.50. The van der Waals surface area contributed by atoms with Crippen molar-refractivity contribution < 1.29 is 67.9 Å². The van der Waals surface area contributed by atoms with Crippen LogP contribution in [-0.2, 0) is 52.6 Å². The molecular weight excluding hydrogens is 1140 g/mol. The van der Waals surface area contributed by atoms with Crippen molar-refractivity contribution >= 4 is 65.1 Å². The SMILES string of the molecule is CCCCCCCCCCCCCCCC(=O)N[C@@H](CSCC(COC(=O)CCCCCCCCCCCCCCC)OC(=O)CCCCCCCCCCCCCCC)C(=O)N[C@@H](CO)C(=O)N[C@@H](CO)C(=O)N[C@@H](CC(N)=O)C(=O)N[C@@H](C)C(=O)O. The highest BCUT2D eigenvalue weighted by atomic mass is 32.2. The van der Waals surface area contributed by atoms with E-state index < -0.39 is 109 Å². The highest BCUT2D eigenvalue weighted by Crippen LogP contribution is 2.18. The van der Waals surface area contributed by atoms with E-state index in [1.165, 1.54) is 167 Å². The van der Waals surface area contributed by atoms with E-state index in [-0.39, 0.29) is 37.4 Å². The molecule has 20 nitrogen and oxygen atoms in total. The maximum atomic E-state index is 14.1. The number of esters is 2. The average Bonchev–Trinajstić information content (AvgIpc) is 2.79. The van der Waals surface area contributed by atoms with Crippen LogP contribution in [0.15, 0.2) is 0 Å². The summed E-state index contributed by atoms with van der Waals surface area (Å²) in [4.78, 5) is 117. The van der Waals surface area contributed by atoms with Crippen LogP contribution in [0.4, 0.5) is 0 Å². The third-order valence-corrected chi connectivity index (χ3v) is 17.0. The highest BCUT2D eigenvalue weighted by Gasteiger charge is 2.33. The van der Waals surface area contributed by atoms with E-state index >= 15 is 0 Å². The van der Waals surface area contributed by atoms with Gasteiger partial charge in [0.1, 0.15) is 42.9 Å². The predicted molar refractivity (Wildman–Crippen MR) is 350 cm³/mol. The lowest BCUT2D eigenvalue weighted by atomic mass is 10.0. The van der Waals surface area contributed by atoms with Gasteiger partial charge in [-0.15, -0.1) is 0 Å². The van der Waals surface area contributed by atoms with Crippen molar-refractivity contribution in [3.8, 4) is 0 Å². The zero-order valence-electron chi connectivity index (χ0n) is 55.2. The second-order valence-corrected chi connectivity index (χ2v) is 25.3. The number of carboxylic acid groups (broad SMARTS) is 1. The Morgan fingerprint density at radius 2 is 0.716 bits per heavy atom. The molecule has 0 saturated carbocycles. The first-order chi connectivity index (χ1) is 42.5. The standard InChI is InChI=1S/C67H124N6O14S/c1-5-8-11-14-17-20-23-26-29-32-35-38-41-44-60(77)70-58(66(83)73-57(49-75)65(82)72-56(48-74)64(81)71-55(47-59(68)76)63(80)69-53(4)67(84)85)52-88-51-54(87-62(79)46-43-40-37-34-31-28-25-22-19-16-13-10-7-3)50-86-61(78)45-42-39-36-33-30-27-24-21-18-15-12-9-6-2/h53-58,74-75H,5-52H2,1-4H3,(H2,68,76)(H,69,80)(H,70,77)(H,71,81)(H,72,82)(H,73,83)(H,84,85)/t53-,54?,55-,56-,57-,58-/m0/s1. The molecular formula is C67H124N6O14S. The van der Waals surface area contributed by atoms with Gasteiger partial charge in [-0.3, -0.25) is 43.2 Å². The summed E-state index contributed by atoms with van der Waals surface area (Å²) < 4.78 is 11.6. The van der Waals surface area contributed by atoms with Crippen LogP contribution < -0.4 is 32.3 Å². The van der Waals surface area contributed by atoms with Gasteiger partial charge in [0.05, 0.1) is 19.6 Å². The first kappa shape index (κ1) is 83.5. The fraction of sp³-hybridized carbons (Fsp3) is 0.866. The van der Waals surface area contributed by atoms with Crippen LogP contribution in [0.3, 0.4) is 0 Å². The number of carboxylic acids is 1. The molecule has 10 N–H and O–H groups in total. The normalized spacial score (nSPS) is 13.3. The molecule has 0 aromatic heterocycles. The van der Waals surface area contributed by atoms with Crippen molar-refractivity contribution in [1.82, 2.24) is 26.6 Å². The number of rotatable bonds is 63. The van der Waals surface area contributed by atoms with Crippen molar-refractivity contribution in [3.05, 3.63) is 0 Å². The van der Waals surface area contributed by atoms with Crippen molar-refractivity contribution in [2.75, 3.05) is 31.3 Å². The Labute approximate surface area is 534 Å². The van der Waals surface area contributed by atoms with E-state index in [0.29, 0.717) is 19.3 Å². The second kappa shape index (κ2) is 58.8. The lowest BCUT2D eigenvalue weighted by Crippen LogP contribution is -2.60. The van der Waals surface area contributed by atoms with Crippen LogP contribution in [0, 0.1) is 0 Å². The lowest BCUT2D eigenvalue weighted by molar-refractivity contribution is -0.157. The maximum Gasteiger partial charge on any atom is 0.325 e. The molecule has 0 aromatic rings. The Balaban J connectivity index is 6.01. The predicted octanol–water partition coefficient (Wildman–Crippen LogP) is 11.0. The van der Waals surface area contributed by atoms with Crippen LogP contribution in [0.25, 0.3) is 0 Å². The molecule has 0 saturated heterocycles. The van der Waals surface area contributed by atoms with Gasteiger partial charge < -0.3 is 57.1 Å². The van der Waals surface area contributed by atoms with Gasteiger partial charge in [-0.2, -0.15) is 11.8 Å². The van der Waals surface area contributed by atoms with Gasteiger partial charge in [0.25, 0.3) is 0 Å². The first-order valence-corrected chi connectivity index (χ1v) is 35.8. The molecule has 512 valence electrons. The molecule has 1 unspecified atom stereocenters. The first-order valence-electron chi connectivity index (χ1n) is 34.7. The summed E-state index contributed by atoms with van der Waals surface area (Å²) in [7, 11) is 0. The number of carbonyl (C=O) groups is 9. The van der Waals surface area contributed by atoms with Crippen molar-refractivity contribution in [1.29, 1.82) is 0 Å². The van der Waals surface area contributed by atoms with Gasteiger partial charge in [-0.1, -0.05) is 252 Å². The summed E-state index contributed by atoms with van der Waals surface area (Å²) in [6, 6.07) is -7.92. The minimum absolute atomic E-state index is 0.0794. The van der Waals surface area contributed by atoms with Gasteiger partial charge in [0.2, 0.25) is 35.4 Å². The second-order valence-electron chi connectivity index (χ2n) is 24.2. The quantitative estimate of drug-likeness (QED) is 0.0202. The molecule has 0 rings (SSSR count). The Morgan fingerprint density at radius 1 is 0.398 bits per heavy atom. The van der Waals surface area contributed by atoms with Crippen molar-refractivity contribution in [2.45, 2.75) is 340 Å². The average molecular weight is 1270 g/mol. The summed E-state index contributed by atoms with van der Waals surface area (Å²) in [5.41, 5.74) is 5.26. The summed E-state index contributed by atoms with van der Waals surface area (Å²) in [5.74, 6) is -8.00. The van der Waals surface area contributed by atoms with Crippen LogP contribution in [-0.4, -0.2) is 136 Å². The third kappa shape index (κ3) is 49.3. The molecule has 0 fully saturated rings. The number of thioether (sulfide) groups is 1. The maximum absolute atomic E-state index is 14.1. The van der Waals surface area contributed by atoms with Gasteiger partial charge in [0, 0.05) is 30.8 Å². The Bertz CT molecular complexity index is 1850. The van der Waals surface area contributed by atoms with Gasteiger partial charge >= 0.3 is 17.9 Å². The molecule has 21 heteroatoms. The summed E-state index contributed by atoms with van der Waals surface area (Å²) in [5, 5.41) is 41.4. The van der Waals surface area contributed by atoms with Gasteiger partial charge in [-0.25, -0.2) is 0 Å². The molecule has 0 bridgehead atoms. The summed E-state index contributed by atoms with van der Waals surface area (Å²) >= 11 is 1.15. The van der Waals surface area contributed by atoms with Crippen LogP contribution in [0.2, 0.25) is 0 Å². The number of carbonyl (C=O) groups excluding carboxylic acids is 8. The summed E-state index contributed by atoms with van der Waals surface area (Å²) in [6.07, 6.45) is 43.7. The fourth-order valence-electron chi connectivity index (χ4n) is 10.3. The van der Waals surface area contributed by atoms with Crippen LogP contribution in [0.1, 0.15) is 304 Å². The number of primary amides is 1. The molecule has 0 aromatic carbocycles. The number of ether oxygens (including phenoxy) is 2. The lowest BCUT2D eigenvalue weighted by Gasteiger charge is -2.25. The number of nitrogens with one attached hydrogen (secondary N) is 5. The molecule has 0 spiro atoms. The number of amides is 6. The number of aliphatic carboxylic acids is 1. The zero-order chi connectivity index (χ0) is 65.3. The molecule has 0 aliphatic carbocycles. The highest BCUT2D eigenvalue weighted by molar-refractivity contribution is 7.99. The molecule has 0 aliphatic rings. The van der Waals surface area contributed by atoms with Crippen LogP contribution in [0.5, 0.6) is 0 Å². The summed E-state index contributed by atoms with van der Waals surface area (Å²) in [6.45, 7) is 5.57. The molecule has 0 heterocycles. The monoisotopic (exact) mass is 1270 g/mol. The molecule has 0 aliphatic heterocycles.